The number of hydrogen-bond acceptors (Lipinski definition) is 4. The SMILES string of the molecule is Cc1c(C(=O)O)oc2c1-c1nn(C(C)(C)c3cccnc3)cc1CC2. The molecule has 6 heteroatoms. The molecule has 4 rings (SSSR count). The average Bonchev–Trinajstić information content (AvgIpc) is 3.17. The third-order valence-corrected chi connectivity index (χ3v) is 5.00. The molecule has 6 nitrogen and oxygen atoms in total. The first kappa shape index (κ1) is 15.6. The molecule has 25 heavy (non-hydrogen) atoms. The van der Waals surface area contributed by atoms with Gasteiger partial charge < -0.3 is 9.52 Å². The van der Waals surface area contributed by atoms with Gasteiger partial charge in [-0.25, -0.2) is 4.79 Å². The molecule has 1 aliphatic carbocycles. The number of aromatic carboxylic acids is 1. The molecule has 0 spiro atoms. The Morgan fingerprint density at radius 2 is 2.16 bits per heavy atom. The zero-order valence-corrected chi connectivity index (χ0v) is 14.4. The Balaban J connectivity index is 1.85. The fourth-order valence-electron chi connectivity index (χ4n) is 3.46. The van der Waals surface area contributed by atoms with Crippen LogP contribution in [0.1, 0.15) is 46.9 Å². The molecule has 3 heterocycles. The zero-order valence-electron chi connectivity index (χ0n) is 14.4. The monoisotopic (exact) mass is 337 g/mol. The van der Waals surface area contributed by atoms with Crippen LogP contribution in [0.2, 0.25) is 0 Å². The van der Waals surface area contributed by atoms with Crippen molar-refractivity contribution >= 4 is 5.97 Å². The maximum absolute atomic E-state index is 11.4. The van der Waals surface area contributed by atoms with E-state index < -0.39 is 5.97 Å². The number of hydrogen-bond donors (Lipinski definition) is 1. The minimum absolute atomic E-state index is 0.0129. The second-order valence-electron chi connectivity index (χ2n) is 6.91. The minimum atomic E-state index is -1.04. The summed E-state index contributed by atoms with van der Waals surface area (Å²) < 4.78 is 7.52. The molecule has 0 bridgehead atoms. The van der Waals surface area contributed by atoms with Crippen molar-refractivity contribution in [2.24, 2.45) is 0 Å². The molecular formula is C19H19N3O3. The number of pyridine rings is 1. The van der Waals surface area contributed by atoms with Gasteiger partial charge in [-0.05, 0) is 44.4 Å². The highest BCUT2D eigenvalue weighted by molar-refractivity contribution is 5.90. The summed E-state index contributed by atoms with van der Waals surface area (Å²) in [6, 6.07) is 3.95. The van der Waals surface area contributed by atoms with Crippen LogP contribution in [-0.2, 0) is 18.4 Å². The van der Waals surface area contributed by atoms with E-state index in [-0.39, 0.29) is 11.3 Å². The predicted octanol–water partition coefficient (Wildman–Crippen LogP) is 3.43. The predicted molar refractivity (Wildman–Crippen MR) is 91.7 cm³/mol. The number of nitrogens with zero attached hydrogens (tertiary/aromatic N) is 3. The topological polar surface area (TPSA) is 81.1 Å². The van der Waals surface area contributed by atoms with Gasteiger partial charge in [-0.15, -0.1) is 0 Å². The summed E-state index contributed by atoms with van der Waals surface area (Å²) in [6.07, 6.45) is 7.13. The fraction of sp³-hybridized carbons (Fsp3) is 0.316. The Kier molecular flexibility index (Phi) is 3.32. The molecule has 0 atom stereocenters. The van der Waals surface area contributed by atoms with E-state index in [4.69, 9.17) is 9.52 Å². The van der Waals surface area contributed by atoms with Gasteiger partial charge in [0, 0.05) is 36.1 Å². The Morgan fingerprint density at radius 3 is 2.84 bits per heavy atom. The molecule has 0 saturated carbocycles. The maximum atomic E-state index is 11.4. The fourth-order valence-corrected chi connectivity index (χ4v) is 3.46. The molecular weight excluding hydrogens is 318 g/mol. The van der Waals surface area contributed by atoms with Gasteiger partial charge in [0.05, 0.1) is 11.2 Å². The summed E-state index contributed by atoms with van der Waals surface area (Å²) in [7, 11) is 0. The van der Waals surface area contributed by atoms with Crippen molar-refractivity contribution in [3.05, 3.63) is 58.9 Å². The Bertz CT molecular complexity index is 967. The van der Waals surface area contributed by atoms with E-state index in [0.29, 0.717) is 17.7 Å². The second kappa shape index (κ2) is 5.31. The molecule has 128 valence electrons. The van der Waals surface area contributed by atoms with Crippen LogP contribution in [0, 0.1) is 6.92 Å². The molecule has 1 aliphatic rings. The van der Waals surface area contributed by atoms with Crippen LogP contribution in [0.15, 0.2) is 35.1 Å². The number of carboxylic acid groups (broad SMARTS) is 1. The number of carbonyl (C=O) groups is 1. The first-order chi connectivity index (χ1) is 11.9. The van der Waals surface area contributed by atoms with Crippen molar-refractivity contribution in [3.8, 4) is 11.3 Å². The molecule has 0 fully saturated rings. The van der Waals surface area contributed by atoms with Crippen molar-refractivity contribution < 1.29 is 14.3 Å². The van der Waals surface area contributed by atoms with Crippen LogP contribution in [0.3, 0.4) is 0 Å². The lowest BCUT2D eigenvalue weighted by molar-refractivity contribution is 0.0659. The van der Waals surface area contributed by atoms with Gasteiger partial charge in [0.25, 0.3) is 0 Å². The lowest BCUT2D eigenvalue weighted by Crippen LogP contribution is -2.28. The third kappa shape index (κ3) is 2.28. The molecule has 0 saturated heterocycles. The first-order valence-electron chi connectivity index (χ1n) is 8.25. The average molecular weight is 337 g/mol. The van der Waals surface area contributed by atoms with E-state index in [9.17, 15) is 9.90 Å². The van der Waals surface area contributed by atoms with E-state index >= 15 is 0 Å². The summed E-state index contributed by atoms with van der Waals surface area (Å²) in [5.74, 6) is -0.311. The van der Waals surface area contributed by atoms with Crippen LogP contribution in [0.5, 0.6) is 0 Å². The highest BCUT2D eigenvalue weighted by Crippen LogP contribution is 2.39. The second-order valence-corrected chi connectivity index (χ2v) is 6.91. The number of aryl methyl sites for hydroxylation is 2. The number of carboxylic acids is 1. The summed E-state index contributed by atoms with van der Waals surface area (Å²) >= 11 is 0. The number of furan rings is 1. The normalized spacial score (nSPS) is 13.4. The van der Waals surface area contributed by atoms with E-state index in [1.165, 1.54) is 0 Å². The van der Waals surface area contributed by atoms with Gasteiger partial charge in [0.15, 0.2) is 0 Å². The van der Waals surface area contributed by atoms with Gasteiger partial charge in [-0.1, -0.05) is 6.07 Å². The van der Waals surface area contributed by atoms with Crippen molar-refractivity contribution in [2.75, 3.05) is 0 Å². The number of aromatic nitrogens is 3. The molecule has 0 amide bonds. The molecule has 0 unspecified atom stereocenters. The van der Waals surface area contributed by atoms with Gasteiger partial charge in [0.2, 0.25) is 5.76 Å². The van der Waals surface area contributed by atoms with Crippen molar-refractivity contribution in [2.45, 2.75) is 39.2 Å². The lowest BCUT2D eigenvalue weighted by atomic mass is 9.93. The highest BCUT2D eigenvalue weighted by atomic mass is 16.4. The third-order valence-electron chi connectivity index (χ3n) is 5.00. The molecule has 3 aromatic heterocycles. The first-order valence-corrected chi connectivity index (χ1v) is 8.25. The molecule has 0 radical (unpaired) electrons. The largest absolute Gasteiger partial charge is 0.475 e. The van der Waals surface area contributed by atoms with Crippen molar-refractivity contribution in [3.63, 3.8) is 0 Å². The van der Waals surface area contributed by atoms with Crippen molar-refractivity contribution in [1.82, 2.24) is 14.8 Å². The number of fused-ring (bicyclic) bond motifs is 3. The van der Waals surface area contributed by atoms with Crippen LogP contribution in [0.4, 0.5) is 0 Å². The summed E-state index contributed by atoms with van der Waals surface area (Å²) in [6.45, 7) is 5.97. The van der Waals surface area contributed by atoms with Gasteiger partial charge >= 0.3 is 5.97 Å². The smallest absolute Gasteiger partial charge is 0.372 e. The van der Waals surface area contributed by atoms with Gasteiger partial charge in [-0.2, -0.15) is 5.10 Å². The van der Waals surface area contributed by atoms with E-state index in [2.05, 4.69) is 25.0 Å². The Morgan fingerprint density at radius 1 is 1.36 bits per heavy atom. The zero-order chi connectivity index (χ0) is 17.8. The number of rotatable bonds is 3. The lowest BCUT2D eigenvalue weighted by Gasteiger charge is -2.25. The van der Waals surface area contributed by atoms with Crippen molar-refractivity contribution in [1.29, 1.82) is 0 Å². The maximum Gasteiger partial charge on any atom is 0.372 e. The Hall–Kier alpha value is -2.89. The van der Waals surface area contributed by atoms with E-state index in [1.807, 2.05) is 23.0 Å². The summed E-state index contributed by atoms with van der Waals surface area (Å²) in [5, 5.41) is 14.1. The van der Waals surface area contributed by atoms with Gasteiger partial charge in [0.1, 0.15) is 5.76 Å². The molecule has 1 N–H and O–H groups in total. The van der Waals surface area contributed by atoms with E-state index in [0.717, 1.165) is 28.8 Å². The summed E-state index contributed by atoms with van der Waals surface area (Å²) in [5.41, 5.74) is 4.12. The van der Waals surface area contributed by atoms with E-state index in [1.54, 1.807) is 13.1 Å². The summed E-state index contributed by atoms with van der Waals surface area (Å²) in [4.78, 5) is 15.6. The van der Waals surface area contributed by atoms with Crippen LogP contribution in [-0.4, -0.2) is 25.8 Å². The quantitative estimate of drug-likeness (QED) is 0.792. The standard InChI is InChI=1S/C19H19N3O3/c1-11-15-14(25-17(11)18(23)24)7-6-12-10-22(21-16(12)15)19(2,3)13-5-4-8-20-9-13/h4-5,8-10H,6-7H2,1-3H3,(H,23,24). The molecule has 0 aromatic carbocycles. The Labute approximate surface area is 145 Å². The van der Waals surface area contributed by atoms with Crippen LogP contribution >= 0.6 is 0 Å². The molecule has 0 aliphatic heterocycles. The van der Waals surface area contributed by atoms with Crippen LogP contribution in [0.25, 0.3) is 11.3 Å². The van der Waals surface area contributed by atoms with Crippen LogP contribution < -0.4 is 0 Å². The highest BCUT2D eigenvalue weighted by Gasteiger charge is 2.32. The minimum Gasteiger partial charge on any atom is -0.475 e. The van der Waals surface area contributed by atoms with Gasteiger partial charge in [-0.3, -0.25) is 9.67 Å². The molecule has 3 aromatic rings.